The van der Waals surface area contributed by atoms with Crippen molar-refractivity contribution in [3.05, 3.63) is 65.7 Å². The van der Waals surface area contributed by atoms with Gasteiger partial charge in [0.25, 0.3) is 5.91 Å². The van der Waals surface area contributed by atoms with E-state index < -0.39 is 30.4 Å². The lowest BCUT2D eigenvalue weighted by atomic mass is 10.0. The number of rotatable bonds is 8. The number of benzene rings is 2. The van der Waals surface area contributed by atoms with Gasteiger partial charge in [-0.2, -0.15) is 0 Å². The highest BCUT2D eigenvalue weighted by Crippen LogP contribution is 2.26. The zero-order valence-electron chi connectivity index (χ0n) is 17.7. The van der Waals surface area contributed by atoms with Crippen LogP contribution in [0.5, 0.6) is 0 Å². The van der Waals surface area contributed by atoms with Gasteiger partial charge in [-0.15, -0.1) is 0 Å². The summed E-state index contributed by atoms with van der Waals surface area (Å²) in [5, 5.41) is 2.62. The van der Waals surface area contributed by atoms with E-state index >= 15 is 0 Å². The van der Waals surface area contributed by atoms with Gasteiger partial charge in [0.1, 0.15) is 0 Å². The van der Waals surface area contributed by atoms with Gasteiger partial charge < -0.3 is 15.0 Å². The number of aryl methyl sites for hydroxylation is 1. The minimum atomic E-state index is -0.696. The predicted octanol–water partition coefficient (Wildman–Crippen LogP) is 2.21. The number of nitrogens with zero attached hydrogens (tertiary/aromatic N) is 1. The molecule has 7 heteroatoms. The molecule has 1 aliphatic heterocycles. The van der Waals surface area contributed by atoms with Crippen molar-refractivity contribution in [2.75, 3.05) is 18.1 Å². The zero-order chi connectivity index (χ0) is 22.4. The van der Waals surface area contributed by atoms with Crippen LogP contribution in [0, 0.1) is 12.8 Å². The highest BCUT2D eigenvalue weighted by atomic mass is 16.5. The number of carbonyl (C=O) groups is 4. The average Bonchev–Trinajstić information content (AvgIpc) is 3.14. The first kappa shape index (κ1) is 22.2. The van der Waals surface area contributed by atoms with E-state index in [1.54, 1.807) is 4.90 Å². The molecule has 1 heterocycles. The van der Waals surface area contributed by atoms with Crippen LogP contribution in [0.1, 0.15) is 24.5 Å². The Hall–Kier alpha value is -3.48. The third kappa shape index (κ3) is 6.01. The van der Waals surface area contributed by atoms with Crippen molar-refractivity contribution in [3.8, 4) is 0 Å². The van der Waals surface area contributed by atoms with Crippen LogP contribution in [0.3, 0.4) is 0 Å². The molecule has 3 rings (SSSR count). The molecule has 0 spiro atoms. The topological polar surface area (TPSA) is 92.8 Å². The fourth-order valence-corrected chi connectivity index (χ4v) is 3.48. The number of ketones is 1. The van der Waals surface area contributed by atoms with Crippen LogP contribution < -0.4 is 10.2 Å². The van der Waals surface area contributed by atoms with Gasteiger partial charge >= 0.3 is 5.97 Å². The van der Waals surface area contributed by atoms with Crippen molar-refractivity contribution in [1.82, 2.24) is 5.32 Å². The van der Waals surface area contributed by atoms with E-state index in [0.717, 1.165) is 16.8 Å². The van der Waals surface area contributed by atoms with Gasteiger partial charge in [-0.1, -0.05) is 48.0 Å². The molecule has 1 aliphatic rings. The van der Waals surface area contributed by atoms with E-state index in [9.17, 15) is 19.2 Å². The number of carbonyl (C=O) groups excluding carboxylic acids is 4. The SMILES string of the molecule is CC(=O)[C@H](Cc1ccccc1)NC(=O)COC(=O)[C@@H]1CC(=O)N(c2ccc(C)cc2)C1. The second kappa shape index (κ2) is 10.0. The molecular formula is C24H26N2O5. The summed E-state index contributed by atoms with van der Waals surface area (Å²) in [4.78, 5) is 50.4. The molecule has 0 saturated carbocycles. The zero-order valence-corrected chi connectivity index (χ0v) is 17.7. The van der Waals surface area contributed by atoms with Gasteiger partial charge in [-0.25, -0.2) is 0 Å². The minimum Gasteiger partial charge on any atom is -0.455 e. The van der Waals surface area contributed by atoms with Gasteiger partial charge in [-0.3, -0.25) is 19.2 Å². The predicted molar refractivity (Wildman–Crippen MR) is 115 cm³/mol. The second-order valence-corrected chi connectivity index (χ2v) is 7.77. The fraction of sp³-hybridized carbons (Fsp3) is 0.333. The van der Waals surface area contributed by atoms with Gasteiger partial charge in [0.05, 0.1) is 12.0 Å². The number of amides is 2. The number of hydrogen-bond donors (Lipinski definition) is 1. The summed E-state index contributed by atoms with van der Waals surface area (Å²) in [6, 6.07) is 16.1. The molecule has 1 saturated heterocycles. The molecule has 162 valence electrons. The summed E-state index contributed by atoms with van der Waals surface area (Å²) in [5.41, 5.74) is 2.73. The maximum Gasteiger partial charge on any atom is 0.311 e. The van der Waals surface area contributed by atoms with Crippen LogP contribution in [0.4, 0.5) is 5.69 Å². The molecule has 1 fully saturated rings. The summed E-state index contributed by atoms with van der Waals surface area (Å²) in [7, 11) is 0. The quantitative estimate of drug-likeness (QED) is 0.659. The van der Waals surface area contributed by atoms with Crippen LogP contribution in [0.15, 0.2) is 54.6 Å². The molecule has 0 bridgehead atoms. The molecule has 1 N–H and O–H groups in total. The molecule has 2 aromatic carbocycles. The van der Waals surface area contributed by atoms with E-state index in [4.69, 9.17) is 4.74 Å². The maximum atomic E-state index is 12.4. The Morgan fingerprint density at radius 1 is 1.10 bits per heavy atom. The summed E-state index contributed by atoms with van der Waals surface area (Å²) < 4.78 is 5.13. The van der Waals surface area contributed by atoms with Crippen LogP contribution >= 0.6 is 0 Å². The summed E-state index contributed by atoms with van der Waals surface area (Å²) >= 11 is 0. The molecule has 31 heavy (non-hydrogen) atoms. The lowest BCUT2D eigenvalue weighted by Gasteiger charge is -2.17. The lowest BCUT2D eigenvalue weighted by Crippen LogP contribution is -2.43. The van der Waals surface area contributed by atoms with Crippen LogP contribution in [0.2, 0.25) is 0 Å². The molecule has 2 aromatic rings. The normalized spacial score (nSPS) is 16.6. The number of ether oxygens (including phenoxy) is 1. The van der Waals surface area contributed by atoms with Crippen molar-refractivity contribution in [3.63, 3.8) is 0 Å². The first-order valence-corrected chi connectivity index (χ1v) is 10.2. The summed E-state index contributed by atoms with van der Waals surface area (Å²) in [5.74, 6) is -2.12. The largest absolute Gasteiger partial charge is 0.455 e. The molecule has 0 unspecified atom stereocenters. The summed E-state index contributed by atoms with van der Waals surface area (Å²) in [6.45, 7) is 3.08. The molecular weight excluding hydrogens is 396 g/mol. The van der Waals surface area contributed by atoms with Gasteiger partial charge in [0.2, 0.25) is 5.91 Å². The Morgan fingerprint density at radius 2 is 1.77 bits per heavy atom. The number of hydrogen-bond acceptors (Lipinski definition) is 5. The van der Waals surface area contributed by atoms with Crippen molar-refractivity contribution in [1.29, 1.82) is 0 Å². The Morgan fingerprint density at radius 3 is 2.42 bits per heavy atom. The molecule has 0 radical (unpaired) electrons. The molecule has 7 nitrogen and oxygen atoms in total. The minimum absolute atomic E-state index is 0.0401. The monoisotopic (exact) mass is 422 g/mol. The standard InChI is InChI=1S/C24H26N2O5/c1-16-8-10-20(11-9-16)26-14-19(13-23(26)29)24(30)31-15-22(28)25-21(17(2)27)12-18-6-4-3-5-7-18/h3-11,19,21H,12-15H2,1-2H3,(H,25,28)/t19-,21+/m1/s1. The summed E-state index contributed by atoms with van der Waals surface area (Å²) in [6.07, 6.45) is 0.400. The van der Waals surface area contributed by atoms with E-state index in [1.165, 1.54) is 6.92 Å². The van der Waals surface area contributed by atoms with Gasteiger partial charge in [0.15, 0.2) is 12.4 Å². The average molecular weight is 422 g/mol. The fourth-order valence-electron chi connectivity index (χ4n) is 3.48. The Labute approximate surface area is 181 Å². The molecule has 2 amide bonds. The Kier molecular flexibility index (Phi) is 7.18. The third-order valence-corrected chi connectivity index (χ3v) is 5.26. The van der Waals surface area contributed by atoms with Crippen molar-refractivity contribution >= 4 is 29.3 Å². The van der Waals surface area contributed by atoms with Gasteiger partial charge in [0, 0.05) is 18.7 Å². The molecule has 0 aliphatic carbocycles. The Balaban J connectivity index is 1.50. The molecule has 0 aromatic heterocycles. The number of anilines is 1. The number of esters is 1. The first-order chi connectivity index (χ1) is 14.8. The van der Waals surface area contributed by atoms with E-state index in [2.05, 4.69) is 5.32 Å². The van der Waals surface area contributed by atoms with Crippen molar-refractivity contribution in [2.45, 2.75) is 32.7 Å². The second-order valence-electron chi connectivity index (χ2n) is 7.77. The van der Waals surface area contributed by atoms with Crippen molar-refractivity contribution in [2.24, 2.45) is 5.92 Å². The third-order valence-electron chi connectivity index (χ3n) is 5.26. The van der Waals surface area contributed by atoms with E-state index in [-0.39, 0.29) is 24.7 Å². The van der Waals surface area contributed by atoms with Crippen LogP contribution in [-0.2, 0) is 30.3 Å². The molecule has 2 atom stereocenters. The van der Waals surface area contributed by atoms with E-state index in [0.29, 0.717) is 6.42 Å². The highest BCUT2D eigenvalue weighted by molar-refractivity contribution is 5.99. The van der Waals surface area contributed by atoms with Crippen molar-refractivity contribution < 1.29 is 23.9 Å². The van der Waals surface area contributed by atoms with E-state index in [1.807, 2.05) is 61.5 Å². The first-order valence-electron chi connectivity index (χ1n) is 10.2. The smallest absolute Gasteiger partial charge is 0.311 e. The van der Waals surface area contributed by atoms with Crippen LogP contribution in [0.25, 0.3) is 0 Å². The van der Waals surface area contributed by atoms with Crippen LogP contribution in [-0.4, -0.2) is 42.8 Å². The Bertz CT molecular complexity index is 956. The number of nitrogens with one attached hydrogen (secondary N) is 1. The van der Waals surface area contributed by atoms with Gasteiger partial charge in [-0.05, 0) is 38.0 Å². The maximum absolute atomic E-state index is 12.4. The lowest BCUT2D eigenvalue weighted by molar-refractivity contribution is -0.152. The highest BCUT2D eigenvalue weighted by Gasteiger charge is 2.36. The number of Topliss-reactive ketones (excluding diaryl/α,β-unsaturated/α-hetero) is 1.